The molecule has 0 saturated carbocycles. The van der Waals surface area contributed by atoms with Gasteiger partial charge in [0.15, 0.2) is 0 Å². The Morgan fingerprint density at radius 3 is 2.54 bits per heavy atom. The van der Waals surface area contributed by atoms with Gasteiger partial charge in [0.1, 0.15) is 0 Å². The number of nitrogens with zero attached hydrogens (tertiary/aromatic N) is 1. The summed E-state index contributed by atoms with van der Waals surface area (Å²) in [5.41, 5.74) is 6.37. The highest BCUT2D eigenvalue weighted by atomic mass is 31.2. The van der Waals surface area contributed by atoms with Crippen LogP contribution in [-0.4, -0.2) is 30.3 Å². The number of rotatable bonds is 1. The first-order chi connectivity index (χ1) is 5.83. The molecule has 0 radical (unpaired) electrons. The fourth-order valence-corrected chi connectivity index (χ4v) is 3.94. The van der Waals surface area contributed by atoms with Gasteiger partial charge in [-0.25, -0.2) is 0 Å². The van der Waals surface area contributed by atoms with E-state index in [9.17, 15) is 0 Å². The van der Waals surface area contributed by atoms with E-state index in [0.29, 0.717) is 0 Å². The van der Waals surface area contributed by atoms with Crippen molar-refractivity contribution in [3.63, 3.8) is 0 Å². The predicted octanol–water partition coefficient (Wildman–Crippen LogP) is 0.936. The molecule has 1 heterocycles. The minimum Gasteiger partial charge on any atom is -0.159 e. The Balaban J connectivity index is 2.62. The first-order valence-electron chi connectivity index (χ1n) is 4.77. The van der Waals surface area contributed by atoms with Crippen LogP contribution in [-0.2, 0) is 0 Å². The van der Waals surface area contributed by atoms with Gasteiger partial charge in [-0.05, 0) is 27.2 Å². The van der Waals surface area contributed by atoms with Crippen LogP contribution in [0.4, 0.5) is 0 Å². The first kappa shape index (κ1) is 11.3. The van der Waals surface area contributed by atoms with Crippen molar-refractivity contribution in [2.75, 3.05) is 20.1 Å². The maximum absolute atomic E-state index is 6.30. The van der Waals surface area contributed by atoms with Crippen molar-refractivity contribution >= 4 is 7.87 Å². The van der Waals surface area contributed by atoms with Gasteiger partial charge in [0.05, 0.1) is 0 Å². The van der Waals surface area contributed by atoms with E-state index in [1.807, 2.05) is 0 Å². The highest BCUT2D eigenvalue weighted by molar-refractivity contribution is 7.67. The lowest BCUT2D eigenvalue weighted by Crippen LogP contribution is -2.53. The van der Waals surface area contributed by atoms with Crippen LogP contribution in [0.25, 0.3) is 0 Å². The lowest BCUT2D eigenvalue weighted by Gasteiger charge is -2.37. The van der Waals surface area contributed by atoms with E-state index < -0.39 is 7.87 Å². The van der Waals surface area contributed by atoms with Gasteiger partial charge in [-0.1, -0.05) is 0 Å². The van der Waals surface area contributed by atoms with E-state index in [1.165, 1.54) is 6.42 Å². The van der Waals surface area contributed by atoms with Crippen molar-refractivity contribution in [3.8, 4) is 0 Å². The largest absolute Gasteiger partial charge is 0.298 e. The molecule has 1 aliphatic heterocycles. The standard InChI is InChI=1S/C8H22N4P/c1-8(2,3)11-13(9)10-6-5-7-12(13)4/h10-11H,5-7,9H2,1-4H3/q+1. The van der Waals surface area contributed by atoms with Crippen LogP contribution in [0.2, 0.25) is 0 Å². The summed E-state index contributed by atoms with van der Waals surface area (Å²) in [5.74, 6) is 0. The van der Waals surface area contributed by atoms with Crippen molar-refractivity contribution < 1.29 is 0 Å². The van der Waals surface area contributed by atoms with Crippen molar-refractivity contribution in [2.24, 2.45) is 5.50 Å². The molecule has 0 amide bonds. The summed E-state index contributed by atoms with van der Waals surface area (Å²) >= 11 is 0. The molecule has 5 heteroatoms. The molecule has 1 unspecified atom stereocenters. The van der Waals surface area contributed by atoms with E-state index >= 15 is 0 Å². The number of hydrogen-bond donors (Lipinski definition) is 3. The molecule has 1 fully saturated rings. The summed E-state index contributed by atoms with van der Waals surface area (Å²) in [7, 11) is 0.339. The summed E-state index contributed by atoms with van der Waals surface area (Å²) in [5, 5.41) is 6.89. The third-order valence-corrected chi connectivity index (χ3v) is 5.05. The zero-order valence-electron chi connectivity index (χ0n) is 9.09. The van der Waals surface area contributed by atoms with E-state index in [-0.39, 0.29) is 5.54 Å². The summed E-state index contributed by atoms with van der Waals surface area (Å²) in [6.07, 6.45) is 1.18. The predicted molar refractivity (Wildman–Crippen MR) is 59.2 cm³/mol. The normalized spacial score (nSPS) is 32.1. The fraction of sp³-hybridized carbons (Fsp3) is 1.00. The smallest absolute Gasteiger partial charge is 0.159 e. The third kappa shape index (κ3) is 3.15. The Kier molecular flexibility index (Phi) is 3.31. The maximum atomic E-state index is 6.30. The average molecular weight is 205 g/mol. The molecule has 0 spiro atoms. The van der Waals surface area contributed by atoms with Crippen molar-refractivity contribution in [3.05, 3.63) is 0 Å². The number of hydrogen-bond acceptors (Lipinski definition) is 4. The van der Waals surface area contributed by atoms with Gasteiger partial charge >= 0.3 is 0 Å². The minimum atomic E-state index is -1.74. The fourth-order valence-electron chi connectivity index (χ4n) is 1.47. The van der Waals surface area contributed by atoms with Crippen LogP contribution in [0.1, 0.15) is 27.2 Å². The summed E-state index contributed by atoms with van der Waals surface area (Å²) in [6.45, 7) is 8.54. The molecule has 0 aromatic carbocycles. The SMILES string of the molecule is CN1CCCN[P+]1(N)NC(C)(C)C. The molecule has 1 aliphatic rings. The third-order valence-electron chi connectivity index (χ3n) is 2.06. The second kappa shape index (κ2) is 3.79. The number of nitrogens with one attached hydrogen (secondary N) is 2. The molecule has 78 valence electrons. The molecule has 13 heavy (non-hydrogen) atoms. The highest BCUT2D eigenvalue weighted by Gasteiger charge is 2.44. The molecule has 4 N–H and O–H groups in total. The Hall–Kier alpha value is 0.270. The van der Waals surface area contributed by atoms with Crippen molar-refractivity contribution in [1.29, 1.82) is 0 Å². The molecular weight excluding hydrogens is 183 g/mol. The zero-order chi connectivity index (χ0) is 10.1. The maximum Gasteiger partial charge on any atom is 0.298 e. The van der Waals surface area contributed by atoms with Gasteiger partial charge in [0.2, 0.25) is 0 Å². The zero-order valence-corrected chi connectivity index (χ0v) is 9.99. The minimum absolute atomic E-state index is 0.0706. The second-order valence-corrected chi connectivity index (χ2v) is 7.28. The van der Waals surface area contributed by atoms with Crippen LogP contribution in [0.3, 0.4) is 0 Å². The van der Waals surface area contributed by atoms with E-state index in [2.05, 4.69) is 42.7 Å². The lowest BCUT2D eigenvalue weighted by molar-refractivity contribution is 0.429. The second-order valence-electron chi connectivity index (χ2n) is 4.69. The van der Waals surface area contributed by atoms with Crippen LogP contribution in [0.5, 0.6) is 0 Å². The lowest BCUT2D eigenvalue weighted by atomic mass is 10.1. The van der Waals surface area contributed by atoms with Gasteiger partial charge in [0, 0.05) is 25.7 Å². The molecule has 1 atom stereocenters. The first-order valence-corrected chi connectivity index (χ1v) is 6.58. The summed E-state index contributed by atoms with van der Waals surface area (Å²) in [4.78, 5) is 0. The van der Waals surface area contributed by atoms with Crippen LogP contribution >= 0.6 is 7.87 Å². The summed E-state index contributed by atoms with van der Waals surface area (Å²) < 4.78 is 2.22. The van der Waals surface area contributed by atoms with Crippen molar-refractivity contribution in [2.45, 2.75) is 32.7 Å². The van der Waals surface area contributed by atoms with E-state index in [1.54, 1.807) is 0 Å². The van der Waals surface area contributed by atoms with Gasteiger partial charge in [-0.2, -0.15) is 5.50 Å². The molecule has 4 nitrogen and oxygen atoms in total. The quantitative estimate of drug-likeness (QED) is 0.558. The monoisotopic (exact) mass is 205 g/mol. The highest BCUT2D eigenvalue weighted by Crippen LogP contribution is 2.48. The summed E-state index contributed by atoms with van der Waals surface area (Å²) in [6, 6.07) is 0. The van der Waals surface area contributed by atoms with Crippen LogP contribution < -0.4 is 15.7 Å². The molecule has 1 saturated heterocycles. The van der Waals surface area contributed by atoms with Crippen LogP contribution in [0, 0.1) is 0 Å². The molecule has 0 aliphatic carbocycles. The van der Waals surface area contributed by atoms with Gasteiger partial charge in [-0.3, -0.25) is 0 Å². The molecule has 0 aromatic heterocycles. The number of nitrogens with two attached hydrogens (primary N) is 1. The van der Waals surface area contributed by atoms with E-state index in [0.717, 1.165) is 13.1 Å². The van der Waals surface area contributed by atoms with Gasteiger partial charge in [-0.15, -0.1) is 14.8 Å². The molecule has 0 aromatic rings. The van der Waals surface area contributed by atoms with Gasteiger partial charge < -0.3 is 0 Å². The van der Waals surface area contributed by atoms with E-state index in [4.69, 9.17) is 5.50 Å². The van der Waals surface area contributed by atoms with Crippen molar-refractivity contribution in [1.82, 2.24) is 14.8 Å². The average Bonchev–Trinajstić information content (AvgIpc) is 1.92. The topological polar surface area (TPSA) is 53.3 Å². The Labute approximate surface area is 81.8 Å². The Morgan fingerprint density at radius 1 is 1.46 bits per heavy atom. The molecule has 0 bridgehead atoms. The molecule has 1 rings (SSSR count). The Bertz CT molecular complexity index is 179. The molecular formula is C8H22N4P+. The Morgan fingerprint density at radius 2 is 2.08 bits per heavy atom. The van der Waals surface area contributed by atoms with Crippen LogP contribution in [0.15, 0.2) is 0 Å². The van der Waals surface area contributed by atoms with Gasteiger partial charge in [0.25, 0.3) is 7.87 Å².